The minimum Gasteiger partial charge on any atom is -0.334 e. The van der Waals surface area contributed by atoms with Crippen LogP contribution in [-0.2, 0) is 21.2 Å². The van der Waals surface area contributed by atoms with E-state index in [1.165, 1.54) is 0 Å². The predicted octanol–water partition coefficient (Wildman–Crippen LogP) is 4.56. The highest BCUT2D eigenvalue weighted by Crippen LogP contribution is 2.60. The van der Waals surface area contributed by atoms with E-state index in [0.717, 1.165) is 10.0 Å². The quantitative estimate of drug-likeness (QED) is 0.603. The molecule has 1 amide bonds. The average Bonchev–Trinajstić information content (AvgIpc) is 2.88. The highest BCUT2D eigenvalue weighted by atomic mass is 79.9. The molecule has 1 aromatic carbocycles. The van der Waals surface area contributed by atoms with Crippen LogP contribution >= 0.6 is 39.1 Å². The first-order chi connectivity index (χ1) is 12.5. The van der Waals surface area contributed by atoms with Gasteiger partial charge >= 0.3 is 0 Å². The molecule has 3 rings (SSSR count). The van der Waals surface area contributed by atoms with Crippen molar-refractivity contribution >= 4 is 54.9 Å². The fourth-order valence-corrected chi connectivity index (χ4v) is 6.46. The van der Waals surface area contributed by atoms with E-state index < -0.39 is 9.84 Å². The number of allylic oxidation sites excluding steroid dienone is 1. The van der Waals surface area contributed by atoms with Crippen molar-refractivity contribution in [3.05, 3.63) is 44.9 Å². The fourth-order valence-electron chi connectivity index (χ4n) is 4.01. The first kappa shape index (κ1) is 21.2. The van der Waals surface area contributed by atoms with Crippen LogP contribution in [0.4, 0.5) is 0 Å². The smallest absolute Gasteiger partial charge is 0.227 e. The average molecular weight is 495 g/mol. The standard InChI is InChI=1S/C19H22BrCl2NO3S/c1-19(2)15(9-16(21)22)17(19)18(24)23(14-6-7-27(25,26)11-14)10-12-4-3-5-13(20)8-12/h3-5,8-9,14-15,17H,6-7,10-11H2,1-2H3/t14-,15+,17-/m1/s1. The number of benzene rings is 1. The zero-order valence-electron chi connectivity index (χ0n) is 15.2. The van der Waals surface area contributed by atoms with Gasteiger partial charge in [0.05, 0.1) is 17.4 Å². The van der Waals surface area contributed by atoms with Crippen molar-refractivity contribution < 1.29 is 13.2 Å². The topological polar surface area (TPSA) is 54.5 Å². The molecule has 1 saturated carbocycles. The molecule has 4 nitrogen and oxygen atoms in total. The molecule has 0 N–H and O–H groups in total. The lowest BCUT2D eigenvalue weighted by atomic mass is 10.1. The maximum Gasteiger partial charge on any atom is 0.227 e. The van der Waals surface area contributed by atoms with Gasteiger partial charge in [0.2, 0.25) is 5.91 Å². The number of rotatable bonds is 5. The molecule has 0 unspecified atom stereocenters. The van der Waals surface area contributed by atoms with Gasteiger partial charge in [-0.3, -0.25) is 4.79 Å². The Balaban J connectivity index is 1.88. The van der Waals surface area contributed by atoms with E-state index in [1.807, 2.05) is 38.1 Å². The zero-order valence-corrected chi connectivity index (χ0v) is 19.1. The molecule has 2 fully saturated rings. The number of halogens is 3. The Bertz CT molecular complexity index is 881. The number of sulfone groups is 1. The minimum absolute atomic E-state index is 0.0245. The van der Waals surface area contributed by atoms with Crippen LogP contribution in [0, 0.1) is 17.3 Å². The number of carbonyl (C=O) groups is 1. The molecule has 1 aliphatic carbocycles. The molecule has 8 heteroatoms. The molecule has 1 heterocycles. The summed E-state index contributed by atoms with van der Waals surface area (Å²) in [4.78, 5) is 15.1. The van der Waals surface area contributed by atoms with E-state index in [4.69, 9.17) is 23.2 Å². The summed E-state index contributed by atoms with van der Waals surface area (Å²) in [5.74, 6) is -0.169. The second kappa shape index (κ2) is 7.69. The van der Waals surface area contributed by atoms with Gasteiger partial charge in [-0.15, -0.1) is 0 Å². The minimum atomic E-state index is -3.10. The van der Waals surface area contributed by atoms with Crippen LogP contribution in [0.1, 0.15) is 25.8 Å². The molecule has 0 bridgehead atoms. The molecule has 27 heavy (non-hydrogen) atoms. The normalized spacial score (nSPS) is 27.8. The van der Waals surface area contributed by atoms with Crippen LogP contribution in [-0.4, -0.2) is 36.8 Å². The summed E-state index contributed by atoms with van der Waals surface area (Å²) in [7, 11) is -3.10. The zero-order chi connectivity index (χ0) is 20.0. The van der Waals surface area contributed by atoms with Crippen LogP contribution in [0.15, 0.2) is 39.3 Å². The molecule has 148 valence electrons. The van der Waals surface area contributed by atoms with Crippen LogP contribution in [0.25, 0.3) is 0 Å². The van der Waals surface area contributed by atoms with Crippen molar-refractivity contribution in [1.29, 1.82) is 0 Å². The van der Waals surface area contributed by atoms with E-state index in [0.29, 0.717) is 13.0 Å². The van der Waals surface area contributed by atoms with Gasteiger partial charge in [0.1, 0.15) is 4.49 Å². The highest BCUT2D eigenvalue weighted by molar-refractivity contribution is 9.10. The summed E-state index contributed by atoms with van der Waals surface area (Å²) in [5.41, 5.74) is 0.710. The predicted molar refractivity (Wildman–Crippen MR) is 112 cm³/mol. The van der Waals surface area contributed by atoms with E-state index in [2.05, 4.69) is 15.9 Å². The third-order valence-corrected chi connectivity index (χ3v) is 8.15. The van der Waals surface area contributed by atoms with E-state index in [-0.39, 0.29) is 45.2 Å². The fraction of sp³-hybridized carbons (Fsp3) is 0.526. The Morgan fingerprint density at radius 1 is 1.37 bits per heavy atom. The van der Waals surface area contributed by atoms with Crippen LogP contribution in [0.2, 0.25) is 0 Å². The van der Waals surface area contributed by atoms with Gasteiger partial charge in [-0.2, -0.15) is 0 Å². The third-order valence-electron chi connectivity index (χ3n) is 5.66. The van der Waals surface area contributed by atoms with Crippen molar-refractivity contribution in [2.24, 2.45) is 17.3 Å². The summed E-state index contributed by atoms with van der Waals surface area (Å²) in [6, 6.07) is 7.43. The van der Waals surface area contributed by atoms with E-state index in [9.17, 15) is 13.2 Å². The number of nitrogens with zero attached hydrogens (tertiary/aromatic N) is 1. The maximum atomic E-state index is 13.4. The summed E-state index contributed by atoms with van der Waals surface area (Å²) in [5, 5.41) is 0. The first-order valence-electron chi connectivity index (χ1n) is 8.79. The van der Waals surface area contributed by atoms with Gasteiger partial charge in [-0.1, -0.05) is 65.1 Å². The van der Waals surface area contributed by atoms with Crippen LogP contribution in [0.3, 0.4) is 0 Å². The first-order valence-corrected chi connectivity index (χ1v) is 12.2. The number of hydrogen-bond acceptors (Lipinski definition) is 3. The maximum absolute atomic E-state index is 13.4. The molecule has 0 radical (unpaired) electrons. The lowest BCUT2D eigenvalue weighted by Gasteiger charge is -2.29. The molecule has 2 aliphatic rings. The highest BCUT2D eigenvalue weighted by Gasteiger charge is 2.62. The molecule has 1 aliphatic heterocycles. The lowest BCUT2D eigenvalue weighted by molar-refractivity contribution is -0.136. The Labute approximate surface area is 178 Å². The van der Waals surface area contributed by atoms with Gasteiger partial charge in [0.15, 0.2) is 9.84 Å². The van der Waals surface area contributed by atoms with Gasteiger partial charge in [-0.05, 0) is 41.5 Å². The van der Waals surface area contributed by atoms with Crippen molar-refractivity contribution in [1.82, 2.24) is 4.90 Å². The second-order valence-corrected chi connectivity index (χ2v) is 12.1. The molecule has 3 atom stereocenters. The van der Waals surface area contributed by atoms with Crippen molar-refractivity contribution in [3.8, 4) is 0 Å². The summed E-state index contributed by atoms with van der Waals surface area (Å²) >= 11 is 15.1. The molecule has 0 spiro atoms. The SMILES string of the molecule is CC1(C)[C@@H](C=C(Cl)Cl)[C@@H]1C(=O)N(Cc1cccc(Br)c1)[C@@H]1CCS(=O)(=O)C1. The second-order valence-electron chi connectivity index (χ2n) is 7.93. The Morgan fingerprint density at radius 3 is 2.63 bits per heavy atom. The van der Waals surface area contributed by atoms with Gasteiger partial charge in [0, 0.05) is 17.1 Å². The number of carbonyl (C=O) groups excluding carboxylic acids is 1. The lowest BCUT2D eigenvalue weighted by Crippen LogP contribution is -2.42. The van der Waals surface area contributed by atoms with Gasteiger partial charge in [-0.25, -0.2) is 8.42 Å². The largest absolute Gasteiger partial charge is 0.334 e. The van der Waals surface area contributed by atoms with Gasteiger partial charge in [0.25, 0.3) is 0 Å². The molecular weight excluding hydrogens is 473 g/mol. The number of hydrogen-bond donors (Lipinski definition) is 0. The molecule has 1 saturated heterocycles. The summed E-state index contributed by atoms with van der Waals surface area (Å²) < 4.78 is 25.1. The number of amides is 1. The van der Waals surface area contributed by atoms with Crippen molar-refractivity contribution in [3.63, 3.8) is 0 Å². The summed E-state index contributed by atoms with van der Waals surface area (Å²) in [6.45, 7) is 4.41. The Kier molecular flexibility index (Phi) is 6.03. The monoisotopic (exact) mass is 493 g/mol. The Hall–Kier alpha value is -0.560. The van der Waals surface area contributed by atoms with E-state index >= 15 is 0 Å². The van der Waals surface area contributed by atoms with E-state index in [1.54, 1.807) is 11.0 Å². The Morgan fingerprint density at radius 2 is 2.07 bits per heavy atom. The molecule has 0 aromatic heterocycles. The molecule has 1 aromatic rings. The summed E-state index contributed by atoms with van der Waals surface area (Å²) in [6.07, 6.45) is 2.19. The van der Waals surface area contributed by atoms with Crippen molar-refractivity contribution in [2.75, 3.05) is 11.5 Å². The van der Waals surface area contributed by atoms with Gasteiger partial charge < -0.3 is 4.90 Å². The third kappa shape index (κ3) is 4.72. The molecular formula is C19H22BrCl2NO3S. The van der Waals surface area contributed by atoms with Crippen LogP contribution < -0.4 is 0 Å². The van der Waals surface area contributed by atoms with Crippen LogP contribution in [0.5, 0.6) is 0 Å². The van der Waals surface area contributed by atoms with Crippen molar-refractivity contribution in [2.45, 2.75) is 32.9 Å².